The molecule has 1 N–H and O–H groups in total. The van der Waals surface area contributed by atoms with Gasteiger partial charge in [0.05, 0.1) is 0 Å². The van der Waals surface area contributed by atoms with Crippen LogP contribution in [-0.2, 0) is 19.1 Å². The SMILES string of the molecule is CCCCCCCCCCCCCCCC(=O)OC(CO)OCC(=O)CCCCCCCCCCC. The summed E-state index contributed by atoms with van der Waals surface area (Å²) in [7, 11) is 0. The van der Waals surface area contributed by atoms with Crippen LogP contribution >= 0.6 is 0 Å². The number of hydrogen-bond acceptors (Lipinski definition) is 5. The van der Waals surface area contributed by atoms with Crippen molar-refractivity contribution in [1.82, 2.24) is 0 Å². The van der Waals surface area contributed by atoms with Crippen molar-refractivity contribution >= 4 is 11.8 Å². The van der Waals surface area contributed by atoms with Crippen molar-refractivity contribution in [2.24, 2.45) is 0 Å². The molecule has 5 nitrogen and oxygen atoms in total. The summed E-state index contributed by atoms with van der Waals surface area (Å²) in [4.78, 5) is 24.0. The van der Waals surface area contributed by atoms with E-state index in [0.717, 1.165) is 32.1 Å². The minimum Gasteiger partial charge on any atom is -0.433 e. The molecule has 0 fully saturated rings. The Hall–Kier alpha value is -0.940. The van der Waals surface area contributed by atoms with Crippen molar-refractivity contribution in [2.45, 2.75) is 174 Å². The first-order chi connectivity index (χ1) is 17.6. The third kappa shape index (κ3) is 26.1. The topological polar surface area (TPSA) is 72.8 Å². The third-order valence-corrected chi connectivity index (χ3v) is 6.89. The molecule has 0 saturated carbocycles. The second kappa shape index (κ2) is 28.6. The molecule has 0 aromatic rings. The fourth-order valence-electron chi connectivity index (χ4n) is 4.51. The number of aliphatic hydroxyl groups is 1. The molecule has 0 aliphatic heterocycles. The van der Waals surface area contributed by atoms with E-state index in [0.29, 0.717) is 12.8 Å². The Morgan fingerprint density at radius 1 is 0.556 bits per heavy atom. The lowest BCUT2D eigenvalue weighted by atomic mass is 10.0. The first kappa shape index (κ1) is 35.1. The molecule has 0 rings (SSSR count). The molecule has 0 spiro atoms. The van der Waals surface area contributed by atoms with Crippen LogP contribution < -0.4 is 0 Å². The predicted octanol–water partition coefficient (Wildman–Crippen LogP) is 8.84. The molecule has 0 aromatic heterocycles. The van der Waals surface area contributed by atoms with Crippen LogP contribution in [0.1, 0.15) is 168 Å². The quantitative estimate of drug-likeness (QED) is 0.0615. The van der Waals surface area contributed by atoms with Gasteiger partial charge in [-0.3, -0.25) is 9.59 Å². The zero-order chi connectivity index (χ0) is 26.5. The van der Waals surface area contributed by atoms with Crippen LogP contribution in [0.3, 0.4) is 0 Å². The molecule has 0 aliphatic rings. The molecule has 0 amide bonds. The lowest BCUT2D eigenvalue weighted by Crippen LogP contribution is -2.27. The first-order valence-electron chi connectivity index (χ1n) is 15.6. The molecular formula is C31H60O5. The van der Waals surface area contributed by atoms with Gasteiger partial charge in [0.1, 0.15) is 13.2 Å². The molecule has 0 aromatic carbocycles. The monoisotopic (exact) mass is 512 g/mol. The molecule has 0 heterocycles. The molecule has 214 valence electrons. The van der Waals surface area contributed by atoms with Gasteiger partial charge in [-0.25, -0.2) is 0 Å². The minimum atomic E-state index is -1.04. The zero-order valence-corrected chi connectivity index (χ0v) is 24.0. The van der Waals surface area contributed by atoms with Crippen LogP contribution in [0.4, 0.5) is 0 Å². The highest BCUT2D eigenvalue weighted by Crippen LogP contribution is 2.14. The second-order valence-corrected chi connectivity index (χ2v) is 10.5. The number of ketones is 1. The number of carbonyl (C=O) groups is 2. The molecule has 0 bridgehead atoms. The Kier molecular flexibility index (Phi) is 27.9. The van der Waals surface area contributed by atoms with Crippen molar-refractivity contribution < 1.29 is 24.2 Å². The van der Waals surface area contributed by atoms with E-state index >= 15 is 0 Å². The van der Waals surface area contributed by atoms with E-state index in [1.807, 2.05) is 0 Å². The van der Waals surface area contributed by atoms with Gasteiger partial charge in [-0.2, -0.15) is 0 Å². The van der Waals surface area contributed by atoms with Crippen LogP contribution in [0.25, 0.3) is 0 Å². The van der Waals surface area contributed by atoms with E-state index in [1.165, 1.54) is 109 Å². The van der Waals surface area contributed by atoms with Crippen LogP contribution in [0.2, 0.25) is 0 Å². The van der Waals surface area contributed by atoms with Crippen molar-refractivity contribution in [1.29, 1.82) is 0 Å². The van der Waals surface area contributed by atoms with Crippen molar-refractivity contribution in [3.8, 4) is 0 Å². The first-order valence-corrected chi connectivity index (χ1v) is 15.6. The normalized spacial score (nSPS) is 12.1. The Morgan fingerprint density at radius 3 is 1.31 bits per heavy atom. The predicted molar refractivity (Wildman–Crippen MR) is 150 cm³/mol. The zero-order valence-electron chi connectivity index (χ0n) is 24.0. The Morgan fingerprint density at radius 2 is 0.917 bits per heavy atom. The number of Topliss-reactive ketones (excluding diaryl/α,β-unsaturated/α-hetero) is 1. The van der Waals surface area contributed by atoms with Crippen LogP contribution in [-0.4, -0.2) is 36.4 Å². The summed E-state index contributed by atoms with van der Waals surface area (Å²) in [6.45, 7) is 3.96. The van der Waals surface area contributed by atoms with E-state index in [-0.39, 0.29) is 18.4 Å². The van der Waals surface area contributed by atoms with Crippen LogP contribution in [0, 0.1) is 0 Å². The molecule has 0 saturated heterocycles. The van der Waals surface area contributed by atoms with E-state index < -0.39 is 12.9 Å². The highest BCUT2D eigenvalue weighted by molar-refractivity contribution is 5.79. The van der Waals surface area contributed by atoms with Gasteiger partial charge in [0, 0.05) is 12.8 Å². The van der Waals surface area contributed by atoms with Crippen LogP contribution in [0.15, 0.2) is 0 Å². The smallest absolute Gasteiger partial charge is 0.308 e. The van der Waals surface area contributed by atoms with Gasteiger partial charge in [-0.15, -0.1) is 0 Å². The number of ether oxygens (including phenoxy) is 2. The van der Waals surface area contributed by atoms with Crippen molar-refractivity contribution in [2.75, 3.05) is 13.2 Å². The third-order valence-electron chi connectivity index (χ3n) is 6.89. The molecule has 0 aliphatic carbocycles. The summed E-state index contributed by atoms with van der Waals surface area (Å²) >= 11 is 0. The molecular weight excluding hydrogens is 452 g/mol. The van der Waals surface area contributed by atoms with E-state index in [1.54, 1.807) is 0 Å². The highest BCUT2D eigenvalue weighted by Gasteiger charge is 2.15. The Labute approximate surface area is 223 Å². The van der Waals surface area contributed by atoms with Crippen LogP contribution in [0.5, 0.6) is 0 Å². The number of carbonyl (C=O) groups excluding carboxylic acids is 2. The van der Waals surface area contributed by atoms with E-state index in [4.69, 9.17) is 9.47 Å². The average Bonchev–Trinajstić information content (AvgIpc) is 2.88. The number of hydrogen-bond donors (Lipinski definition) is 1. The largest absolute Gasteiger partial charge is 0.433 e. The Balaban J connectivity index is 3.56. The molecule has 5 heteroatoms. The average molecular weight is 513 g/mol. The number of rotatable bonds is 29. The fourth-order valence-corrected chi connectivity index (χ4v) is 4.51. The summed E-state index contributed by atoms with van der Waals surface area (Å²) in [6, 6.07) is 0. The maximum absolute atomic E-state index is 12.0. The van der Waals surface area contributed by atoms with E-state index in [9.17, 15) is 14.7 Å². The standard InChI is InChI=1S/C31H60O5/c1-3-5-7-9-11-13-14-15-16-18-20-22-24-26-30(34)36-31(27-32)35-28-29(33)25-23-21-19-17-12-10-8-6-4-2/h31-32H,3-28H2,1-2H3. The van der Waals surface area contributed by atoms with Gasteiger partial charge < -0.3 is 14.6 Å². The molecule has 0 radical (unpaired) electrons. The van der Waals surface area contributed by atoms with Crippen molar-refractivity contribution in [3.05, 3.63) is 0 Å². The number of esters is 1. The maximum Gasteiger partial charge on any atom is 0.308 e. The summed E-state index contributed by atoms with van der Waals surface area (Å²) < 4.78 is 10.5. The van der Waals surface area contributed by atoms with Gasteiger partial charge in [0.25, 0.3) is 0 Å². The second-order valence-electron chi connectivity index (χ2n) is 10.5. The summed E-state index contributed by atoms with van der Waals surface area (Å²) in [5.74, 6) is -0.354. The van der Waals surface area contributed by atoms with Gasteiger partial charge in [-0.05, 0) is 12.8 Å². The number of unbranched alkanes of at least 4 members (excludes halogenated alkanes) is 20. The molecule has 1 unspecified atom stereocenters. The lowest BCUT2D eigenvalue weighted by Gasteiger charge is -2.16. The molecule has 36 heavy (non-hydrogen) atoms. The summed E-state index contributed by atoms with van der Waals surface area (Å²) in [5.41, 5.74) is 0. The highest BCUT2D eigenvalue weighted by atomic mass is 16.7. The lowest BCUT2D eigenvalue weighted by molar-refractivity contribution is -0.188. The van der Waals surface area contributed by atoms with Gasteiger partial charge in [0.15, 0.2) is 5.78 Å². The Bertz CT molecular complexity index is 480. The number of aliphatic hydroxyl groups excluding tert-OH is 1. The van der Waals surface area contributed by atoms with E-state index in [2.05, 4.69) is 13.8 Å². The van der Waals surface area contributed by atoms with Gasteiger partial charge in [0.2, 0.25) is 6.29 Å². The molecule has 1 atom stereocenters. The summed E-state index contributed by atoms with van der Waals surface area (Å²) in [6.07, 6.45) is 27.1. The van der Waals surface area contributed by atoms with Crippen molar-refractivity contribution in [3.63, 3.8) is 0 Å². The van der Waals surface area contributed by atoms with Gasteiger partial charge in [-0.1, -0.05) is 142 Å². The summed E-state index contributed by atoms with van der Waals surface area (Å²) in [5, 5.41) is 9.41. The van der Waals surface area contributed by atoms with Gasteiger partial charge >= 0.3 is 5.97 Å². The minimum absolute atomic E-state index is 0.00365. The maximum atomic E-state index is 12.0. The fraction of sp³-hybridized carbons (Fsp3) is 0.935.